The van der Waals surface area contributed by atoms with Crippen LogP contribution in [0.15, 0.2) is 18.2 Å². The van der Waals surface area contributed by atoms with Gasteiger partial charge in [0.25, 0.3) is 0 Å². The monoisotopic (exact) mass is 396 g/mol. The Morgan fingerprint density at radius 1 is 1.23 bits per heavy atom. The van der Waals surface area contributed by atoms with Crippen molar-refractivity contribution in [2.75, 3.05) is 38.6 Å². The zero-order chi connectivity index (χ0) is 19.2. The van der Waals surface area contributed by atoms with Crippen LogP contribution in [0.25, 0.3) is 0 Å². The molecule has 0 unspecified atom stereocenters. The summed E-state index contributed by atoms with van der Waals surface area (Å²) in [6.07, 6.45) is -3.76. The first-order valence-corrected chi connectivity index (χ1v) is 9.96. The maximum atomic E-state index is 12.3. The lowest BCUT2D eigenvalue weighted by Crippen LogP contribution is -2.33. The van der Waals surface area contributed by atoms with Gasteiger partial charge < -0.3 is 14.8 Å². The first-order valence-electron chi connectivity index (χ1n) is 8.35. The lowest BCUT2D eigenvalue weighted by molar-refractivity contribution is -0.153. The van der Waals surface area contributed by atoms with E-state index in [0.717, 1.165) is 5.56 Å². The summed E-state index contributed by atoms with van der Waals surface area (Å²) in [5, 5.41) is 3.13. The van der Waals surface area contributed by atoms with Gasteiger partial charge in [0.05, 0.1) is 12.4 Å². The molecule has 0 radical (unpaired) electrons. The van der Waals surface area contributed by atoms with Gasteiger partial charge in [0, 0.05) is 26.2 Å². The van der Waals surface area contributed by atoms with Crippen molar-refractivity contribution in [3.05, 3.63) is 23.8 Å². The molecule has 1 aromatic carbocycles. The van der Waals surface area contributed by atoms with Crippen LogP contribution in [0.5, 0.6) is 11.5 Å². The molecule has 0 spiro atoms. The Labute approximate surface area is 151 Å². The van der Waals surface area contributed by atoms with Crippen molar-refractivity contribution < 1.29 is 31.1 Å². The highest BCUT2D eigenvalue weighted by atomic mass is 32.2. The second kappa shape index (κ2) is 8.92. The quantitative estimate of drug-likeness (QED) is 0.648. The molecule has 10 heteroatoms. The van der Waals surface area contributed by atoms with E-state index in [9.17, 15) is 21.6 Å². The highest BCUT2D eigenvalue weighted by Crippen LogP contribution is 2.30. The Balaban J connectivity index is 1.88. The third kappa shape index (κ3) is 6.33. The van der Waals surface area contributed by atoms with Crippen molar-refractivity contribution in [2.24, 2.45) is 0 Å². The van der Waals surface area contributed by atoms with Gasteiger partial charge in [-0.25, -0.2) is 12.7 Å². The minimum absolute atomic E-state index is 0.0380. The first kappa shape index (κ1) is 20.8. The molecule has 1 N–H and O–H groups in total. The van der Waals surface area contributed by atoms with Crippen molar-refractivity contribution in [1.82, 2.24) is 9.62 Å². The molecule has 1 fully saturated rings. The predicted octanol–water partition coefficient (Wildman–Crippen LogP) is 2.15. The summed E-state index contributed by atoms with van der Waals surface area (Å²) in [5.74, 6) is 0.485. The van der Waals surface area contributed by atoms with E-state index in [1.165, 1.54) is 10.4 Å². The van der Waals surface area contributed by atoms with E-state index in [-0.39, 0.29) is 17.3 Å². The van der Waals surface area contributed by atoms with Crippen LogP contribution < -0.4 is 14.8 Å². The minimum Gasteiger partial charge on any atom is -0.490 e. The summed E-state index contributed by atoms with van der Waals surface area (Å²) < 4.78 is 71.9. The molecule has 1 aliphatic rings. The number of ether oxygens (including phenoxy) is 2. The highest BCUT2D eigenvalue weighted by Gasteiger charge is 2.29. The standard InChI is InChI=1S/C16H23F3N2O4S/c1-2-24-15-10-13(4-5-14(15)25-12-16(17,18)19)11-20-6-8-21-7-3-9-26(21,22)23/h4-5,10,20H,2-3,6-9,11-12H2,1H3. The van der Waals surface area contributed by atoms with Gasteiger partial charge >= 0.3 is 6.18 Å². The molecular formula is C16H23F3N2O4S. The Morgan fingerprint density at radius 2 is 2.00 bits per heavy atom. The zero-order valence-electron chi connectivity index (χ0n) is 14.5. The van der Waals surface area contributed by atoms with E-state index >= 15 is 0 Å². The summed E-state index contributed by atoms with van der Waals surface area (Å²) in [6, 6.07) is 4.71. The molecule has 1 heterocycles. The van der Waals surface area contributed by atoms with Gasteiger partial charge in [-0.1, -0.05) is 6.07 Å². The van der Waals surface area contributed by atoms with E-state index in [2.05, 4.69) is 5.32 Å². The number of rotatable bonds is 9. The third-order valence-electron chi connectivity index (χ3n) is 3.77. The van der Waals surface area contributed by atoms with Crippen LogP contribution in [-0.4, -0.2) is 57.5 Å². The maximum Gasteiger partial charge on any atom is 0.422 e. The van der Waals surface area contributed by atoms with E-state index in [1.807, 2.05) is 0 Å². The zero-order valence-corrected chi connectivity index (χ0v) is 15.3. The van der Waals surface area contributed by atoms with E-state index in [1.54, 1.807) is 19.1 Å². The molecule has 2 rings (SSSR count). The molecule has 148 valence electrons. The Kier molecular flexibility index (Phi) is 7.13. The molecule has 0 aliphatic carbocycles. The van der Waals surface area contributed by atoms with Crippen molar-refractivity contribution in [2.45, 2.75) is 26.1 Å². The number of hydrogen-bond donors (Lipinski definition) is 1. The fourth-order valence-electron chi connectivity index (χ4n) is 2.59. The van der Waals surface area contributed by atoms with Crippen LogP contribution in [0.4, 0.5) is 13.2 Å². The van der Waals surface area contributed by atoms with E-state index in [0.29, 0.717) is 39.2 Å². The van der Waals surface area contributed by atoms with Gasteiger partial charge in [-0.05, 0) is 31.0 Å². The topological polar surface area (TPSA) is 67.9 Å². The lowest BCUT2D eigenvalue weighted by Gasteiger charge is -2.16. The van der Waals surface area contributed by atoms with Crippen molar-refractivity contribution in [3.63, 3.8) is 0 Å². The summed E-state index contributed by atoms with van der Waals surface area (Å²) in [4.78, 5) is 0. The van der Waals surface area contributed by atoms with Crippen molar-refractivity contribution in [3.8, 4) is 11.5 Å². The number of hydrogen-bond acceptors (Lipinski definition) is 5. The van der Waals surface area contributed by atoms with E-state index in [4.69, 9.17) is 9.47 Å². The molecular weight excluding hydrogens is 373 g/mol. The van der Waals surface area contributed by atoms with Crippen LogP contribution in [0.2, 0.25) is 0 Å². The average Bonchev–Trinajstić information content (AvgIpc) is 2.89. The average molecular weight is 396 g/mol. The van der Waals surface area contributed by atoms with Gasteiger partial charge in [0.2, 0.25) is 10.0 Å². The fourth-order valence-corrected chi connectivity index (χ4v) is 4.12. The number of alkyl halides is 3. The summed E-state index contributed by atoms with van der Waals surface area (Å²) >= 11 is 0. The fraction of sp³-hybridized carbons (Fsp3) is 0.625. The maximum absolute atomic E-state index is 12.3. The molecule has 0 atom stereocenters. The number of benzene rings is 1. The van der Waals surface area contributed by atoms with Crippen molar-refractivity contribution >= 4 is 10.0 Å². The molecule has 0 amide bonds. The highest BCUT2D eigenvalue weighted by molar-refractivity contribution is 7.89. The number of sulfonamides is 1. The number of nitrogens with one attached hydrogen (secondary N) is 1. The predicted molar refractivity (Wildman–Crippen MR) is 90.8 cm³/mol. The van der Waals surface area contributed by atoms with Crippen LogP contribution in [-0.2, 0) is 16.6 Å². The normalized spacial score (nSPS) is 17.4. The van der Waals surface area contributed by atoms with Gasteiger partial charge in [-0.15, -0.1) is 0 Å². The lowest BCUT2D eigenvalue weighted by atomic mass is 10.2. The summed E-state index contributed by atoms with van der Waals surface area (Å²) in [5.41, 5.74) is 0.803. The molecule has 1 saturated heterocycles. The SMILES string of the molecule is CCOc1cc(CNCCN2CCCS2(=O)=O)ccc1OCC(F)(F)F. The summed E-state index contributed by atoms with van der Waals surface area (Å²) in [7, 11) is -3.11. The molecule has 6 nitrogen and oxygen atoms in total. The van der Waals surface area contributed by atoms with Gasteiger partial charge in [0.15, 0.2) is 18.1 Å². The largest absolute Gasteiger partial charge is 0.490 e. The van der Waals surface area contributed by atoms with Crippen LogP contribution in [0, 0.1) is 0 Å². The number of halogens is 3. The second-order valence-corrected chi connectivity index (χ2v) is 7.95. The molecule has 1 aromatic rings. The first-order chi connectivity index (χ1) is 12.2. The van der Waals surface area contributed by atoms with Gasteiger partial charge in [0.1, 0.15) is 0 Å². The third-order valence-corrected chi connectivity index (χ3v) is 5.73. The Bertz CT molecular complexity index is 695. The van der Waals surface area contributed by atoms with Crippen molar-refractivity contribution in [1.29, 1.82) is 0 Å². The van der Waals surface area contributed by atoms with Crippen LogP contribution in [0.3, 0.4) is 0 Å². The molecule has 1 aliphatic heterocycles. The van der Waals surface area contributed by atoms with Gasteiger partial charge in [-0.2, -0.15) is 13.2 Å². The Hall–Kier alpha value is -1.52. The second-order valence-electron chi connectivity index (χ2n) is 5.86. The smallest absolute Gasteiger partial charge is 0.422 e. The Morgan fingerprint density at radius 3 is 2.62 bits per heavy atom. The minimum atomic E-state index is -4.42. The molecule has 0 bridgehead atoms. The molecule has 0 saturated carbocycles. The molecule has 26 heavy (non-hydrogen) atoms. The molecule has 0 aromatic heterocycles. The van der Waals surface area contributed by atoms with E-state index < -0.39 is 22.8 Å². The van der Waals surface area contributed by atoms with Gasteiger partial charge in [-0.3, -0.25) is 0 Å². The van der Waals surface area contributed by atoms with Crippen LogP contribution >= 0.6 is 0 Å². The number of nitrogens with zero attached hydrogens (tertiary/aromatic N) is 1. The van der Waals surface area contributed by atoms with Crippen LogP contribution in [0.1, 0.15) is 18.9 Å². The summed E-state index contributed by atoms with van der Waals surface area (Å²) in [6.45, 7) is 2.51.